The zero-order valence-electron chi connectivity index (χ0n) is 9.49. The van der Waals surface area contributed by atoms with E-state index in [0.717, 1.165) is 17.8 Å². The van der Waals surface area contributed by atoms with Gasteiger partial charge in [-0.1, -0.05) is 13.5 Å². The molecule has 0 amide bonds. The van der Waals surface area contributed by atoms with E-state index >= 15 is 0 Å². The molecule has 0 radical (unpaired) electrons. The minimum absolute atomic E-state index is 0.0208. The predicted molar refractivity (Wildman–Crippen MR) is 60.6 cm³/mol. The Kier molecular flexibility index (Phi) is 4.05. The first-order chi connectivity index (χ1) is 7.54. The second-order valence-electron chi connectivity index (χ2n) is 3.45. The maximum Gasteiger partial charge on any atom is 0.334 e. The van der Waals surface area contributed by atoms with Crippen LogP contribution in [0.3, 0.4) is 0 Å². The minimum Gasteiger partial charge on any atom is -0.487 e. The number of nitrogens with zero attached hydrogens (tertiary/aromatic N) is 1. The molecule has 0 aliphatic heterocycles. The summed E-state index contributed by atoms with van der Waals surface area (Å²) < 4.78 is 5.36. The van der Waals surface area contributed by atoms with Gasteiger partial charge in [0.1, 0.15) is 12.4 Å². The molecule has 1 heterocycles. The molecule has 0 unspecified atom stereocenters. The van der Waals surface area contributed by atoms with Crippen molar-refractivity contribution in [3.63, 3.8) is 0 Å². The highest BCUT2D eigenvalue weighted by molar-refractivity contribution is 5.86. The second-order valence-corrected chi connectivity index (χ2v) is 3.45. The number of rotatable bonds is 5. The minimum atomic E-state index is -1.04. The fraction of sp³-hybridized carbons (Fsp3) is 0.333. The summed E-state index contributed by atoms with van der Waals surface area (Å²) in [6.07, 6.45) is 0.747. The van der Waals surface area contributed by atoms with Gasteiger partial charge >= 0.3 is 5.97 Å². The summed E-state index contributed by atoms with van der Waals surface area (Å²) in [6.45, 7) is 7.25. The number of hydrogen-bond donors (Lipinski definition) is 1. The summed E-state index contributed by atoms with van der Waals surface area (Å²) in [5.74, 6) is -0.423. The largest absolute Gasteiger partial charge is 0.487 e. The van der Waals surface area contributed by atoms with Gasteiger partial charge in [-0.15, -0.1) is 0 Å². The monoisotopic (exact) mass is 221 g/mol. The maximum absolute atomic E-state index is 10.5. The van der Waals surface area contributed by atoms with E-state index in [0.29, 0.717) is 5.75 Å². The van der Waals surface area contributed by atoms with Crippen LogP contribution in [0, 0.1) is 6.92 Å². The Hall–Kier alpha value is -1.84. The Morgan fingerprint density at radius 1 is 1.56 bits per heavy atom. The van der Waals surface area contributed by atoms with Crippen LogP contribution in [0.25, 0.3) is 0 Å². The lowest BCUT2D eigenvalue weighted by molar-refractivity contribution is -0.133. The lowest BCUT2D eigenvalue weighted by atomic mass is 10.2. The van der Waals surface area contributed by atoms with Gasteiger partial charge in [0.25, 0.3) is 0 Å². The number of carboxylic acids is 1. The van der Waals surface area contributed by atoms with Crippen molar-refractivity contribution in [1.82, 2.24) is 4.98 Å². The van der Waals surface area contributed by atoms with Crippen molar-refractivity contribution < 1.29 is 14.6 Å². The molecular weight excluding hydrogens is 206 g/mol. The van der Waals surface area contributed by atoms with Crippen LogP contribution in [-0.4, -0.2) is 22.7 Å². The van der Waals surface area contributed by atoms with Crippen molar-refractivity contribution in [3.05, 3.63) is 35.7 Å². The van der Waals surface area contributed by atoms with Gasteiger partial charge in [-0.05, 0) is 25.5 Å². The van der Waals surface area contributed by atoms with E-state index in [9.17, 15) is 4.79 Å². The highest BCUT2D eigenvalue weighted by Crippen LogP contribution is 2.17. The highest BCUT2D eigenvalue weighted by Gasteiger charge is 2.08. The molecule has 86 valence electrons. The van der Waals surface area contributed by atoms with Gasteiger partial charge in [0, 0.05) is 5.69 Å². The zero-order chi connectivity index (χ0) is 12.1. The molecule has 0 saturated heterocycles. The van der Waals surface area contributed by atoms with Gasteiger partial charge in [0.15, 0.2) is 0 Å². The third-order valence-electron chi connectivity index (χ3n) is 2.11. The number of aryl methyl sites for hydroxylation is 2. The average molecular weight is 221 g/mol. The molecular formula is C12H15NO3. The van der Waals surface area contributed by atoms with E-state index < -0.39 is 5.97 Å². The number of ether oxygens (including phenoxy) is 1. The molecule has 0 aliphatic carbocycles. The number of aliphatic carboxylic acids is 1. The van der Waals surface area contributed by atoms with Crippen molar-refractivity contribution in [2.75, 3.05) is 6.61 Å². The van der Waals surface area contributed by atoms with Gasteiger partial charge in [-0.25, -0.2) is 4.79 Å². The number of carbonyl (C=O) groups is 1. The summed E-state index contributed by atoms with van der Waals surface area (Å²) >= 11 is 0. The van der Waals surface area contributed by atoms with E-state index in [1.54, 1.807) is 6.07 Å². The van der Waals surface area contributed by atoms with E-state index in [-0.39, 0.29) is 12.2 Å². The van der Waals surface area contributed by atoms with Crippen molar-refractivity contribution in [2.45, 2.75) is 20.3 Å². The maximum atomic E-state index is 10.5. The number of carboxylic acid groups (broad SMARTS) is 1. The van der Waals surface area contributed by atoms with Crippen LogP contribution in [0.1, 0.15) is 18.3 Å². The zero-order valence-corrected chi connectivity index (χ0v) is 9.49. The van der Waals surface area contributed by atoms with Crippen LogP contribution in [0.2, 0.25) is 0 Å². The number of pyridine rings is 1. The van der Waals surface area contributed by atoms with E-state index in [4.69, 9.17) is 9.84 Å². The van der Waals surface area contributed by atoms with Crippen LogP contribution in [0.5, 0.6) is 5.75 Å². The first-order valence-electron chi connectivity index (χ1n) is 5.05. The van der Waals surface area contributed by atoms with E-state index in [2.05, 4.69) is 11.6 Å². The normalized spacial score (nSPS) is 9.88. The molecule has 0 spiro atoms. The first-order valence-corrected chi connectivity index (χ1v) is 5.05. The lowest BCUT2D eigenvalue weighted by Gasteiger charge is -2.10. The van der Waals surface area contributed by atoms with Crippen molar-refractivity contribution in [3.8, 4) is 5.75 Å². The Morgan fingerprint density at radius 3 is 2.81 bits per heavy atom. The molecule has 0 aromatic carbocycles. The smallest absolute Gasteiger partial charge is 0.334 e. The third-order valence-corrected chi connectivity index (χ3v) is 2.11. The molecule has 0 fully saturated rings. The van der Waals surface area contributed by atoms with Crippen LogP contribution in [0.4, 0.5) is 0 Å². The van der Waals surface area contributed by atoms with Crippen molar-refractivity contribution in [2.24, 2.45) is 0 Å². The van der Waals surface area contributed by atoms with Gasteiger partial charge in [0.2, 0.25) is 0 Å². The topological polar surface area (TPSA) is 59.4 Å². The SMILES string of the molecule is C=C(COc1ccc(C)nc1CC)C(=O)O. The quantitative estimate of drug-likeness (QED) is 0.772. The number of hydrogen-bond acceptors (Lipinski definition) is 3. The summed E-state index contributed by atoms with van der Waals surface area (Å²) in [7, 11) is 0. The van der Waals surface area contributed by atoms with E-state index in [1.807, 2.05) is 19.9 Å². The van der Waals surface area contributed by atoms with Gasteiger partial charge in [0.05, 0.1) is 11.3 Å². The Bertz CT molecular complexity index is 413. The summed E-state index contributed by atoms with van der Waals surface area (Å²) in [6, 6.07) is 3.63. The molecule has 0 bridgehead atoms. The Labute approximate surface area is 94.6 Å². The third kappa shape index (κ3) is 3.08. The summed E-state index contributed by atoms with van der Waals surface area (Å²) in [5, 5.41) is 8.64. The number of aromatic nitrogens is 1. The van der Waals surface area contributed by atoms with Crippen LogP contribution >= 0.6 is 0 Å². The molecule has 1 aromatic rings. The lowest BCUT2D eigenvalue weighted by Crippen LogP contribution is -2.10. The highest BCUT2D eigenvalue weighted by atomic mass is 16.5. The average Bonchev–Trinajstić information content (AvgIpc) is 2.26. The van der Waals surface area contributed by atoms with Gasteiger partial charge < -0.3 is 9.84 Å². The van der Waals surface area contributed by atoms with Crippen molar-refractivity contribution in [1.29, 1.82) is 0 Å². The fourth-order valence-corrected chi connectivity index (χ4v) is 1.21. The summed E-state index contributed by atoms with van der Waals surface area (Å²) in [4.78, 5) is 14.8. The van der Waals surface area contributed by atoms with Crippen LogP contribution in [0.15, 0.2) is 24.3 Å². The Balaban J connectivity index is 2.74. The van der Waals surface area contributed by atoms with E-state index in [1.165, 1.54) is 0 Å². The molecule has 16 heavy (non-hydrogen) atoms. The molecule has 4 heteroatoms. The van der Waals surface area contributed by atoms with Gasteiger partial charge in [-0.3, -0.25) is 4.98 Å². The Morgan fingerprint density at radius 2 is 2.25 bits per heavy atom. The predicted octanol–water partition coefficient (Wildman–Crippen LogP) is 1.97. The molecule has 0 saturated carbocycles. The molecule has 1 aromatic heterocycles. The molecule has 1 rings (SSSR count). The molecule has 4 nitrogen and oxygen atoms in total. The van der Waals surface area contributed by atoms with Crippen molar-refractivity contribution >= 4 is 5.97 Å². The molecule has 1 N–H and O–H groups in total. The van der Waals surface area contributed by atoms with Crippen LogP contribution in [-0.2, 0) is 11.2 Å². The fourth-order valence-electron chi connectivity index (χ4n) is 1.21. The molecule has 0 aliphatic rings. The molecule has 0 atom stereocenters. The summed E-state index contributed by atoms with van der Waals surface area (Å²) in [5.41, 5.74) is 1.78. The first kappa shape index (κ1) is 12.2. The van der Waals surface area contributed by atoms with Crippen LogP contribution < -0.4 is 4.74 Å². The standard InChI is InChI=1S/C12H15NO3/c1-4-10-11(6-5-9(3)13-10)16-7-8(2)12(14)15/h5-6H,2,4,7H2,1,3H3,(H,14,15). The van der Waals surface area contributed by atoms with Gasteiger partial charge in [-0.2, -0.15) is 0 Å². The second kappa shape index (κ2) is 5.30.